The van der Waals surface area contributed by atoms with Crippen LogP contribution in [0.5, 0.6) is 17.2 Å². The van der Waals surface area contributed by atoms with Crippen molar-refractivity contribution < 1.29 is 27.4 Å². The van der Waals surface area contributed by atoms with Crippen molar-refractivity contribution in [1.29, 1.82) is 0 Å². The fourth-order valence-corrected chi connectivity index (χ4v) is 3.27. The Kier molecular flexibility index (Phi) is 7.86. The Bertz CT molecular complexity index is 913. The molecule has 1 amide bonds. The van der Waals surface area contributed by atoms with E-state index < -0.39 is 16.1 Å². The lowest BCUT2D eigenvalue weighted by molar-refractivity contribution is -0.127. The minimum absolute atomic E-state index is 0.186. The summed E-state index contributed by atoms with van der Waals surface area (Å²) in [5, 5.41) is 2.73. The van der Waals surface area contributed by atoms with Crippen molar-refractivity contribution in [1.82, 2.24) is 9.62 Å². The molecule has 8 nitrogen and oxygen atoms in total. The third-order valence-electron chi connectivity index (χ3n) is 4.01. The number of carbonyl (C=O) groups excluding carboxylic acids is 1. The van der Waals surface area contributed by atoms with Crippen LogP contribution in [-0.2, 0) is 14.8 Å². The third-order valence-corrected chi connectivity index (χ3v) is 5.84. The zero-order valence-electron chi connectivity index (χ0n) is 16.9. The van der Waals surface area contributed by atoms with E-state index in [0.29, 0.717) is 17.2 Å². The first-order valence-electron chi connectivity index (χ1n) is 8.98. The van der Waals surface area contributed by atoms with Gasteiger partial charge in [-0.05, 0) is 43.3 Å². The fraction of sp³-hybridized carbons (Fsp3) is 0.350. The van der Waals surface area contributed by atoms with Crippen molar-refractivity contribution in [2.24, 2.45) is 0 Å². The number of ether oxygens (including phenoxy) is 3. The number of nitrogens with zero attached hydrogens (tertiary/aromatic N) is 1. The Hall–Kier alpha value is -2.78. The minimum Gasteiger partial charge on any atom is -0.493 e. The molecule has 0 aliphatic carbocycles. The predicted octanol–water partition coefficient (Wildman–Crippen LogP) is 1.91. The highest BCUT2D eigenvalue weighted by Crippen LogP contribution is 2.26. The Morgan fingerprint density at radius 3 is 2.28 bits per heavy atom. The van der Waals surface area contributed by atoms with Gasteiger partial charge in [0.1, 0.15) is 12.4 Å². The lowest BCUT2D eigenvalue weighted by Crippen LogP contribution is -2.38. The largest absolute Gasteiger partial charge is 0.493 e. The molecule has 1 N–H and O–H groups in total. The van der Waals surface area contributed by atoms with E-state index in [9.17, 15) is 13.2 Å². The maximum atomic E-state index is 12.2. The first-order valence-corrected chi connectivity index (χ1v) is 10.4. The summed E-state index contributed by atoms with van der Waals surface area (Å²) in [4.78, 5) is 12.4. The molecule has 0 saturated carbocycles. The molecule has 0 saturated heterocycles. The van der Waals surface area contributed by atoms with Gasteiger partial charge in [0.05, 0.1) is 18.6 Å². The van der Waals surface area contributed by atoms with Gasteiger partial charge < -0.3 is 19.5 Å². The summed E-state index contributed by atoms with van der Waals surface area (Å²) in [6.07, 6.45) is -0.707. The number of amides is 1. The van der Waals surface area contributed by atoms with Crippen LogP contribution in [0, 0.1) is 0 Å². The lowest BCUT2D eigenvalue weighted by Gasteiger charge is -2.16. The smallest absolute Gasteiger partial charge is 0.260 e. The Morgan fingerprint density at radius 2 is 1.69 bits per heavy atom. The highest BCUT2D eigenvalue weighted by atomic mass is 32.2. The van der Waals surface area contributed by atoms with Gasteiger partial charge in [0.25, 0.3) is 5.91 Å². The van der Waals surface area contributed by atoms with Gasteiger partial charge in [-0.1, -0.05) is 12.1 Å². The summed E-state index contributed by atoms with van der Waals surface area (Å²) in [6.45, 7) is 2.15. The summed E-state index contributed by atoms with van der Waals surface area (Å²) in [5.74, 6) is 1.26. The maximum Gasteiger partial charge on any atom is 0.260 e. The van der Waals surface area contributed by atoms with Crippen molar-refractivity contribution in [3.8, 4) is 17.2 Å². The molecule has 0 radical (unpaired) electrons. The Labute approximate surface area is 171 Å². The number of hydrogen-bond donors (Lipinski definition) is 1. The molecule has 0 aliphatic heterocycles. The van der Waals surface area contributed by atoms with E-state index in [1.54, 1.807) is 37.3 Å². The summed E-state index contributed by atoms with van der Waals surface area (Å²) < 4.78 is 41.6. The molecule has 0 unspecified atom stereocenters. The van der Waals surface area contributed by atoms with Crippen LogP contribution in [0.4, 0.5) is 0 Å². The molecule has 0 heterocycles. The van der Waals surface area contributed by atoms with Gasteiger partial charge in [-0.15, -0.1) is 0 Å². The number of benzene rings is 2. The van der Waals surface area contributed by atoms with Crippen LogP contribution in [0.25, 0.3) is 0 Å². The molecule has 2 rings (SSSR count). The van der Waals surface area contributed by atoms with Crippen molar-refractivity contribution in [3.63, 3.8) is 0 Å². The van der Waals surface area contributed by atoms with Crippen LogP contribution in [0.1, 0.15) is 6.92 Å². The molecule has 1 atom stereocenters. The van der Waals surface area contributed by atoms with E-state index in [-0.39, 0.29) is 24.0 Å². The first kappa shape index (κ1) is 22.5. The van der Waals surface area contributed by atoms with Crippen LogP contribution < -0.4 is 19.5 Å². The zero-order valence-corrected chi connectivity index (χ0v) is 17.7. The number of para-hydroxylation sites is 2. The van der Waals surface area contributed by atoms with Crippen molar-refractivity contribution in [2.75, 3.05) is 34.4 Å². The van der Waals surface area contributed by atoms with Crippen LogP contribution in [-0.4, -0.2) is 59.1 Å². The molecule has 9 heteroatoms. The second-order valence-corrected chi connectivity index (χ2v) is 8.46. The number of methoxy groups -OCH3 is 1. The van der Waals surface area contributed by atoms with E-state index in [1.165, 1.54) is 33.3 Å². The maximum absolute atomic E-state index is 12.2. The molecule has 2 aromatic carbocycles. The van der Waals surface area contributed by atoms with E-state index in [1.807, 2.05) is 6.07 Å². The second kappa shape index (κ2) is 10.1. The summed E-state index contributed by atoms with van der Waals surface area (Å²) in [6, 6.07) is 13.2. The van der Waals surface area contributed by atoms with Gasteiger partial charge in [0.15, 0.2) is 17.6 Å². The van der Waals surface area contributed by atoms with Crippen LogP contribution >= 0.6 is 0 Å². The molecule has 158 valence electrons. The molecule has 0 aromatic heterocycles. The average molecular weight is 423 g/mol. The Balaban J connectivity index is 1.79. The van der Waals surface area contributed by atoms with E-state index in [4.69, 9.17) is 14.2 Å². The summed E-state index contributed by atoms with van der Waals surface area (Å²) in [5.41, 5.74) is 0. The molecular weight excluding hydrogens is 396 g/mol. The SMILES string of the molecule is COc1ccccc1O[C@H](C)C(=O)NCCOc1ccc(S(=O)(=O)N(C)C)cc1. The molecule has 0 fully saturated rings. The molecule has 0 spiro atoms. The number of sulfonamides is 1. The number of carbonyl (C=O) groups is 1. The fourth-order valence-electron chi connectivity index (χ4n) is 2.37. The van der Waals surface area contributed by atoms with Gasteiger partial charge in [-0.2, -0.15) is 0 Å². The van der Waals surface area contributed by atoms with Gasteiger partial charge in [0.2, 0.25) is 10.0 Å². The standard InChI is InChI=1S/C20H26N2O6S/c1-15(28-19-8-6-5-7-18(19)26-4)20(23)21-13-14-27-16-9-11-17(12-10-16)29(24,25)22(2)3/h5-12,15H,13-14H2,1-4H3,(H,21,23)/t15-/m1/s1. The minimum atomic E-state index is -3.47. The Morgan fingerprint density at radius 1 is 1.07 bits per heavy atom. The molecule has 0 bridgehead atoms. The molecule has 29 heavy (non-hydrogen) atoms. The monoisotopic (exact) mass is 422 g/mol. The highest BCUT2D eigenvalue weighted by molar-refractivity contribution is 7.89. The van der Waals surface area contributed by atoms with Crippen molar-refractivity contribution in [3.05, 3.63) is 48.5 Å². The number of rotatable bonds is 10. The van der Waals surface area contributed by atoms with Gasteiger partial charge in [-0.3, -0.25) is 4.79 Å². The lowest BCUT2D eigenvalue weighted by atomic mass is 10.3. The average Bonchev–Trinajstić information content (AvgIpc) is 2.71. The van der Waals surface area contributed by atoms with Crippen molar-refractivity contribution in [2.45, 2.75) is 17.9 Å². The molecule has 0 aliphatic rings. The van der Waals surface area contributed by atoms with E-state index >= 15 is 0 Å². The topological polar surface area (TPSA) is 94.2 Å². The molecule has 2 aromatic rings. The first-order chi connectivity index (χ1) is 13.8. The normalized spacial score (nSPS) is 12.3. The van der Waals surface area contributed by atoms with Gasteiger partial charge in [0, 0.05) is 14.1 Å². The zero-order chi connectivity index (χ0) is 21.4. The summed E-state index contributed by atoms with van der Waals surface area (Å²) in [7, 11) is 1.01. The van der Waals surface area contributed by atoms with E-state index in [2.05, 4.69) is 5.32 Å². The number of hydrogen-bond acceptors (Lipinski definition) is 6. The van der Waals surface area contributed by atoms with E-state index in [0.717, 1.165) is 4.31 Å². The van der Waals surface area contributed by atoms with Gasteiger partial charge >= 0.3 is 0 Å². The van der Waals surface area contributed by atoms with Crippen LogP contribution in [0.15, 0.2) is 53.4 Å². The third kappa shape index (κ3) is 6.10. The van der Waals surface area contributed by atoms with Crippen LogP contribution in [0.2, 0.25) is 0 Å². The highest BCUT2D eigenvalue weighted by Gasteiger charge is 2.17. The molecular formula is C20H26N2O6S. The summed E-state index contributed by atoms with van der Waals surface area (Å²) >= 11 is 0. The van der Waals surface area contributed by atoms with Gasteiger partial charge in [-0.25, -0.2) is 12.7 Å². The quantitative estimate of drug-likeness (QED) is 0.588. The second-order valence-electron chi connectivity index (χ2n) is 6.31. The predicted molar refractivity (Wildman–Crippen MR) is 109 cm³/mol. The van der Waals surface area contributed by atoms with Crippen molar-refractivity contribution >= 4 is 15.9 Å². The van der Waals surface area contributed by atoms with Crippen LogP contribution in [0.3, 0.4) is 0 Å². The number of nitrogens with one attached hydrogen (secondary N) is 1.